The first-order valence-corrected chi connectivity index (χ1v) is 6.80. The van der Waals surface area contributed by atoms with Crippen LogP contribution in [0.5, 0.6) is 17.2 Å². The van der Waals surface area contributed by atoms with E-state index in [4.69, 9.17) is 21.1 Å². The minimum atomic E-state index is -0.811. The number of nitrogens with one attached hydrogen (secondary N) is 2. The Morgan fingerprint density at radius 2 is 1.83 bits per heavy atom. The van der Waals surface area contributed by atoms with E-state index in [1.165, 1.54) is 14.2 Å². The molecule has 0 heterocycles. The van der Waals surface area contributed by atoms with Gasteiger partial charge >= 0.3 is 6.03 Å². The number of phenolic OH excluding ortho intramolecular Hbond substituents is 1. The van der Waals surface area contributed by atoms with Gasteiger partial charge in [0.1, 0.15) is 5.75 Å². The summed E-state index contributed by atoms with van der Waals surface area (Å²) in [5.74, 6) is -0.275. The molecule has 0 spiro atoms. The lowest BCUT2D eigenvalue weighted by atomic mass is 10.2. The van der Waals surface area contributed by atoms with Gasteiger partial charge in [0.05, 0.1) is 24.9 Å². The van der Waals surface area contributed by atoms with Crippen molar-refractivity contribution in [3.8, 4) is 17.2 Å². The number of aromatic hydroxyl groups is 1. The minimum absolute atomic E-state index is 0.0761. The molecule has 0 aliphatic heterocycles. The largest absolute Gasteiger partial charge is 0.506 e. The van der Waals surface area contributed by atoms with Crippen molar-refractivity contribution < 1.29 is 23.8 Å². The molecule has 23 heavy (non-hydrogen) atoms. The average Bonchev–Trinajstić information content (AvgIpc) is 2.52. The number of urea groups is 1. The maximum absolute atomic E-state index is 13.6. The molecule has 0 radical (unpaired) electrons. The third-order valence-electron chi connectivity index (χ3n) is 2.93. The predicted octanol–water partition coefficient (Wildman–Crippen LogP) is 3.85. The predicted molar refractivity (Wildman–Crippen MR) is 85.3 cm³/mol. The van der Waals surface area contributed by atoms with Crippen molar-refractivity contribution in [1.82, 2.24) is 0 Å². The molecule has 2 aromatic carbocycles. The van der Waals surface area contributed by atoms with Crippen LogP contribution in [0.4, 0.5) is 20.6 Å². The van der Waals surface area contributed by atoms with Gasteiger partial charge in [-0.25, -0.2) is 9.18 Å². The number of ether oxygens (including phenoxy) is 2. The van der Waals surface area contributed by atoms with Crippen LogP contribution in [-0.4, -0.2) is 25.4 Å². The van der Waals surface area contributed by atoms with E-state index in [0.717, 1.165) is 12.1 Å². The molecule has 2 aromatic rings. The van der Waals surface area contributed by atoms with Crippen LogP contribution in [0.25, 0.3) is 0 Å². The zero-order chi connectivity index (χ0) is 17.0. The van der Waals surface area contributed by atoms with Crippen molar-refractivity contribution in [3.63, 3.8) is 0 Å². The highest BCUT2D eigenvalue weighted by molar-refractivity contribution is 6.32. The Hall–Kier alpha value is -2.67. The van der Waals surface area contributed by atoms with Gasteiger partial charge in [0.15, 0.2) is 17.3 Å². The van der Waals surface area contributed by atoms with E-state index in [9.17, 15) is 14.3 Å². The van der Waals surface area contributed by atoms with E-state index in [-0.39, 0.29) is 10.7 Å². The van der Waals surface area contributed by atoms with Crippen LogP contribution in [-0.2, 0) is 0 Å². The van der Waals surface area contributed by atoms with Crippen LogP contribution in [0.3, 0.4) is 0 Å². The topological polar surface area (TPSA) is 79.8 Å². The monoisotopic (exact) mass is 340 g/mol. The number of carbonyl (C=O) groups excluding carboxylic acids is 1. The van der Waals surface area contributed by atoms with E-state index >= 15 is 0 Å². The second-order valence-corrected chi connectivity index (χ2v) is 4.84. The standard InChI is InChI=1S/C15H14ClFN2O4/c1-22-13-4-3-8(5-14(13)23-2)18-15(21)19-11-6-9(16)12(20)7-10(11)17/h3-7,20H,1-2H3,(H2,18,19,21). The van der Waals surface area contributed by atoms with Gasteiger partial charge in [-0.1, -0.05) is 11.6 Å². The smallest absolute Gasteiger partial charge is 0.323 e. The Labute approximate surface area is 136 Å². The summed E-state index contributed by atoms with van der Waals surface area (Å²) in [6.45, 7) is 0. The molecular formula is C15H14ClFN2O4. The molecule has 2 rings (SSSR count). The van der Waals surface area contributed by atoms with Gasteiger partial charge < -0.3 is 25.2 Å². The fourth-order valence-corrected chi connectivity index (χ4v) is 1.99. The van der Waals surface area contributed by atoms with Crippen LogP contribution in [0.2, 0.25) is 5.02 Å². The number of anilines is 2. The molecule has 122 valence electrons. The van der Waals surface area contributed by atoms with Gasteiger partial charge in [0.2, 0.25) is 0 Å². The fourth-order valence-electron chi connectivity index (χ4n) is 1.83. The molecule has 0 bridgehead atoms. The Kier molecular flexibility index (Phi) is 5.13. The maximum atomic E-state index is 13.6. The number of phenols is 1. The number of hydrogen-bond acceptors (Lipinski definition) is 4. The average molecular weight is 341 g/mol. The molecule has 0 aliphatic rings. The Bertz CT molecular complexity index is 740. The first-order chi connectivity index (χ1) is 10.9. The van der Waals surface area contributed by atoms with Crippen molar-refractivity contribution in [2.45, 2.75) is 0 Å². The molecule has 0 unspecified atom stereocenters. The third kappa shape index (κ3) is 3.95. The summed E-state index contributed by atoms with van der Waals surface area (Å²) in [6.07, 6.45) is 0. The summed E-state index contributed by atoms with van der Waals surface area (Å²) in [5.41, 5.74) is 0.260. The summed E-state index contributed by atoms with van der Waals surface area (Å²) in [5, 5.41) is 14.0. The third-order valence-corrected chi connectivity index (χ3v) is 3.23. The van der Waals surface area contributed by atoms with E-state index in [0.29, 0.717) is 17.2 Å². The Morgan fingerprint density at radius 3 is 2.48 bits per heavy atom. The van der Waals surface area contributed by atoms with Crippen LogP contribution in [0, 0.1) is 5.82 Å². The second-order valence-electron chi connectivity index (χ2n) is 4.43. The lowest BCUT2D eigenvalue weighted by Crippen LogP contribution is -2.20. The van der Waals surface area contributed by atoms with E-state index in [2.05, 4.69) is 10.6 Å². The molecule has 0 saturated carbocycles. The van der Waals surface area contributed by atoms with Crippen molar-refractivity contribution in [3.05, 3.63) is 41.2 Å². The zero-order valence-electron chi connectivity index (χ0n) is 12.3. The summed E-state index contributed by atoms with van der Waals surface area (Å²) in [4.78, 5) is 11.9. The number of amides is 2. The first kappa shape index (κ1) is 16.7. The molecule has 0 aliphatic carbocycles. The molecule has 0 aromatic heterocycles. The molecule has 0 fully saturated rings. The zero-order valence-corrected chi connectivity index (χ0v) is 13.1. The van der Waals surface area contributed by atoms with Crippen molar-refractivity contribution in [1.29, 1.82) is 0 Å². The molecule has 3 N–H and O–H groups in total. The summed E-state index contributed by atoms with van der Waals surface area (Å²) >= 11 is 5.68. The number of halogens is 2. The molecule has 6 nitrogen and oxygen atoms in total. The Balaban J connectivity index is 2.12. The van der Waals surface area contributed by atoms with Gasteiger partial charge in [-0.2, -0.15) is 0 Å². The number of rotatable bonds is 4. The highest BCUT2D eigenvalue weighted by atomic mass is 35.5. The molecule has 2 amide bonds. The maximum Gasteiger partial charge on any atom is 0.323 e. The number of methoxy groups -OCH3 is 2. The van der Waals surface area contributed by atoms with Gasteiger partial charge in [0, 0.05) is 17.8 Å². The Morgan fingerprint density at radius 1 is 1.13 bits per heavy atom. The normalized spacial score (nSPS) is 10.1. The van der Waals surface area contributed by atoms with Crippen LogP contribution in [0.1, 0.15) is 0 Å². The van der Waals surface area contributed by atoms with E-state index in [1.54, 1.807) is 18.2 Å². The first-order valence-electron chi connectivity index (χ1n) is 6.42. The van der Waals surface area contributed by atoms with Crippen molar-refractivity contribution in [2.24, 2.45) is 0 Å². The SMILES string of the molecule is COc1ccc(NC(=O)Nc2cc(Cl)c(O)cc2F)cc1OC. The fraction of sp³-hybridized carbons (Fsp3) is 0.133. The molecule has 8 heteroatoms. The van der Waals surface area contributed by atoms with Crippen molar-refractivity contribution >= 4 is 29.0 Å². The molecule has 0 atom stereocenters. The van der Waals surface area contributed by atoms with Gasteiger partial charge in [-0.15, -0.1) is 0 Å². The summed E-state index contributed by atoms with van der Waals surface area (Å²) in [6, 6.07) is 6.01. The van der Waals surface area contributed by atoms with Crippen LogP contribution < -0.4 is 20.1 Å². The number of benzene rings is 2. The van der Waals surface area contributed by atoms with Gasteiger partial charge in [0.25, 0.3) is 0 Å². The quantitative estimate of drug-likeness (QED) is 0.739. The summed E-state index contributed by atoms with van der Waals surface area (Å²) in [7, 11) is 2.96. The second kappa shape index (κ2) is 7.06. The van der Waals surface area contributed by atoms with Crippen LogP contribution >= 0.6 is 11.6 Å². The van der Waals surface area contributed by atoms with Crippen LogP contribution in [0.15, 0.2) is 30.3 Å². The van der Waals surface area contributed by atoms with Gasteiger partial charge in [-0.05, 0) is 18.2 Å². The minimum Gasteiger partial charge on any atom is -0.506 e. The molecular weight excluding hydrogens is 327 g/mol. The van der Waals surface area contributed by atoms with Crippen molar-refractivity contribution in [2.75, 3.05) is 24.9 Å². The highest BCUT2D eigenvalue weighted by Crippen LogP contribution is 2.31. The molecule has 0 saturated heterocycles. The number of hydrogen-bond donors (Lipinski definition) is 3. The summed E-state index contributed by atoms with van der Waals surface area (Å²) < 4.78 is 23.9. The lowest BCUT2D eigenvalue weighted by Gasteiger charge is -2.12. The van der Waals surface area contributed by atoms with E-state index < -0.39 is 17.6 Å². The lowest BCUT2D eigenvalue weighted by molar-refractivity contribution is 0.262. The number of carbonyl (C=O) groups is 1. The van der Waals surface area contributed by atoms with E-state index in [1.807, 2.05) is 0 Å². The highest BCUT2D eigenvalue weighted by Gasteiger charge is 2.12. The van der Waals surface area contributed by atoms with Gasteiger partial charge in [-0.3, -0.25) is 0 Å².